The molecule has 2 heterocycles. The summed E-state index contributed by atoms with van der Waals surface area (Å²) in [5, 5.41) is 3.48. The molecule has 2 aliphatic rings. The van der Waals surface area contributed by atoms with Crippen molar-refractivity contribution in [1.29, 1.82) is 0 Å². The van der Waals surface area contributed by atoms with Gasteiger partial charge in [0.15, 0.2) is 5.96 Å². The van der Waals surface area contributed by atoms with Crippen molar-refractivity contribution in [2.75, 3.05) is 45.1 Å². The summed E-state index contributed by atoms with van der Waals surface area (Å²) in [4.78, 5) is 7.46. The lowest BCUT2D eigenvalue weighted by Crippen LogP contribution is -2.51. The Morgan fingerprint density at radius 2 is 1.96 bits per heavy atom. The highest BCUT2D eigenvalue weighted by Gasteiger charge is 2.35. The predicted molar refractivity (Wildman–Crippen MR) is 112 cm³/mol. The van der Waals surface area contributed by atoms with Gasteiger partial charge in [-0.3, -0.25) is 4.99 Å². The lowest BCUT2D eigenvalue weighted by molar-refractivity contribution is 0.0530. The summed E-state index contributed by atoms with van der Waals surface area (Å²) in [5.41, 5.74) is 1.09. The molecule has 0 unspecified atom stereocenters. The van der Waals surface area contributed by atoms with Crippen molar-refractivity contribution < 1.29 is 9.13 Å². The molecule has 0 saturated carbocycles. The average Bonchev–Trinajstić information content (AvgIpc) is 2.65. The van der Waals surface area contributed by atoms with Crippen molar-refractivity contribution in [2.24, 2.45) is 4.99 Å². The van der Waals surface area contributed by atoms with E-state index in [0.29, 0.717) is 6.54 Å². The summed E-state index contributed by atoms with van der Waals surface area (Å²) in [6.07, 6.45) is 1.84. The second kappa shape index (κ2) is 8.82. The molecule has 150 valence electrons. The van der Waals surface area contributed by atoms with Gasteiger partial charge < -0.3 is 15.0 Å². The van der Waals surface area contributed by atoms with Crippen LogP contribution in [0.25, 0.3) is 0 Å². The maximum Gasteiger partial charge on any atom is 0.194 e. The van der Waals surface area contributed by atoms with Crippen LogP contribution in [0.5, 0.6) is 0 Å². The molecule has 2 fully saturated rings. The molecule has 3 rings (SSSR count). The molecule has 4 nitrogen and oxygen atoms in total. The Morgan fingerprint density at radius 3 is 2.59 bits per heavy atom. The standard InChI is InChI=1S/C21H32FN3OS/c1-4-23-19(25-11-14-27-20(2,3)16-25)24-15-21(9-12-26-13-10-21)17-5-7-18(22)8-6-17/h5-8H,4,9-16H2,1-3H3,(H,23,24). The van der Waals surface area contributed by atoms with Crippen molar-refractivity contribution in [2.45, 2.75) is 43.8 Å². The van der Waals surface area contributed by atoms with Gasteiger partial charge in [0.2, 0.25) is 0 Å². The summed E-state index contributed by atoms with van der Waals surface area (Å²) in [5.74, 6) is 1.93. The Bertz CT molecular complexity index is 641. The molecule has 6 heteroatoms. The molecule has 1 aromatic rings. The normalized spacial score (nSPS) is 22.5. The van der Waals surface area contributed by atoms with E-state index >= 15 is 0 Å². The van der Waals surface area contributed by atoms with Crippen molar-refractivity contribution >= 4 is 17.7 Å². The summed E-state index contributed by atoms with van der Waals surface area (Å²) < 4.78 is 19.3. The summed E-state index contributed by atoms with van der Waals surface area (Å²) in [7, 11) is 0. The van der Waals surface area contributed by atoms with Crippen molar-refractivity contribution in [3.05, 3.63) is 35.6 Å². The van der Waals surface area contributed by atoms with Gasteiger partial charge in [0.05, 0.1) is 6.54 Å². The zero-order valence-electron chi connectivity index (χ0n) is 16.8. The van der Waals surface area contributed by atoms with Gasteiger partial charge in [0.25, 0.3) is 0 Å². The van der Waals surface area contributed by atoms with Gasteiger partial charge >= 0.3 is 0 Å². The molecule has 27 heavy (non-hydrogen) atoms. The third-order valence-corrected chi connectivity index (χ3v) is 6.80. The molecular formula is C21H32FN3OS. The van der Waals surface area contributed by atoms with Crippen LogP contribution in [0.3, 0.4) is 0 Å². The number of rotatable bonds is 4. The predicted octanol–water partition coefficient (Wildman–Crippen LogP) is 3.67. The third kappa shape index (κ3) is 5.17. The third-order valence-electron chi connectivity index (χ3n) is 5.50. The average molecular weight is 394 g/mol. The summed E-state index contributed by atoms with van der Waals surface area (Å²) >= 11 is 2.03. The Balaban J connectivity index is 1.83. The Hall–Kier alpha value is -1.27. The van der Waals surface area contributed by atoms with Gasteiger partial charge in [-0.15, -0.1) is 0 Å². The van der Waals surface area contributed by atoms with Gasteiger partial charge in [0.1, 0.15) is 5.82 Å². The van der Waals surface area contributed by atoms with Gasteiger partial charge in [-0.2, -0.15) is 11.8 Å². The largest absolute Gasteiger partial charge is 0.381 e. The van der Waals surface area contributed by atoms with Crippen LogP contribution in [0.1, 0.15) is 39.2 Å². The number of hydrogen-bond donors (Lipinski definition) is 1. The number of thioether (sulfide) groups is 1. The van der Waals surface area contributed by atoms with E-state index in [0.717, 1.165) is 57.4 Å². The number of benzene rings is 1. The topological polar surface area (TPSA) is 36.9 Å². The summed E-state index contributed by atoms with van der Waals surface area (Å²) in [6, 6.07) is 6.96. The quantitative estimate of drug-likeness (QED) is 0.626. The first kappa shape index (κ1) is 20.5. The molecule has 0 bridgehead atoms. The highest BCUT2D eigenvalue weighted by atomic mass is 32.2. The van der Waals surface area contributed by atoms with Gasteiger partial charge in [0, 0.05) is 48.8 Å². The van der Waals surface area contributed by atoms with Gasteiger partial charge in [-0.1, -0.05) is 12.1 Å². The number of aliphatic imine (C=N–C) groups is 1. The van der Waals surface area contributed by atoms with Crippen LogP contribution in [0.4, 0.5) is 4.39 Å². The van der Waals surface area contributed by atoms with Crippen LogP contribution >= 0.6 is 11.8 Å². The van der Waals surface area contributed by atoms with Crippen LogP contribution in [0.15, 0.2) is 29.3 Å². The molecule has 2 saturated heterocycles. The van der Waals surface area contributed by atoms with Crippen LogP contribution in [0.2, 0.25) is 0 Å². The second-order valence-electron chi connectivity index (χ2n) is 8.10. The fourth-order valence-electron chi connectivity index (χ4n) is 3.95. The van der Waals surface area contributed by atoms with E-state index in [1.807, 2.05) is 23.9 Å². The fourth-order valence-corrected chi connectivity index (χ4v) is 5.06. The maximum atomic E-state index is 13.4. The number of halogens is 1. The minimum atomic E-state index is -0.189. The SMILES string of the molecule is CCNC(=NCC1(c2ccc(F)cc2)CCOCC1)N1CCSC(C)(C)C1. The van der Waals surface area contributed by atoms with Crippen molar-refractivity contribution in [3.63, 3.8) is 0 Å². The smallest absolute Gasteiger partial charge is 0.194 e. The number of guanidine groups is 1. The van der Waals surface area contributed by atoms with E-state index in [1.54, 1.807) is 12.1 Å². The van der Waals surface area contributed by atoms with Gasteiger partial charge in [-0.25, -0.2) is 4.39 Å². The number of ether oxygens (including phenoxy) is 1. The van der Waals surface area contributed by atoms with E-state index in [9.17, 15) is 4.39 Å². The molecule has 0 atom stereocenters. The first-order valence-electron chi connectivity index (χ1n) is 9.95. The first-order valence-corrected chi connectivity index (χ1v) is 10.9. The van der Waals surface area contributed by atoms with E-state index < -0.39 is 0 Å². The monoisotopic (exact) mass is 393 g/mol. The summed E-state index contributed by atoms with van der Waals surface area (Å²) in [6.45, 7) is 11.8. The van der Waals surface area contributed by atoms with E-state index in [2.05, 4.69) is 31.0 Å². The zero-order valence-corrected chi connectivity index (χ0v) is 17.6. The van der Waals surface area contributed by atoms with Crippen LogP contribution in [0, 0.1) is 5.82 Å². The number of nitrogens with one attached hydrogen (secondary N) is 1. The molecule has 0 aliphatic carbocycles. The molecular weight excluding hydrogens is 361 g/mol. The molecule has 2 aliphatic heterocycles. The van der Waals surface area contributed by atoms with E-state index in [4.69, 9.17) is 9.73 Å². The fraction of sp³-hybridized carbons (Fsp3) is 0.667. The molecule has 1 aromatic carbocycles. The highest BCUT2D eigenvalue weighted by molar-refractivity contribution is 8.00. The Kier molecular flexibility index (Phi) is 6.69. The lowest BCUT2D eigenvalue weighted by Gasteiger charge is -2.40. The second-order valence-corrected chi connectivity index (χ2v) is 9.90. The van der Waals surface area contributed by atoms with Crippen LogP contribution in [-0.2, 0) is 10.2 Å². The van der Waals surface area contributed by atoms with E-state index in [-0.39, 0.29) is 16.0 Å². The molecule has 0 amide bonds. The Labute approximate surface area is 167 Å². The lowest BCUT2D eigenvalue weighted by atomic mass is 9.74. The molecule has 0 aromatic heterocycles. The molecule has 0 spiro atoms. The van der Waals surface area contributed by atoms with E-state index in [1.165, 1.54) is 5.56 Å². The minimum absolute atomic E-state index is 0.0767. The molecule has 1 N–H and O–H groups in total. The van der Waals surface area contributed by atoms with Crippen LogP contribution in [-0.4, -0.2) is 60.8 Å². The van der Waals surface area contributed by atoms with Gasteiger partial charge in [-0.05, 0) is 51.3 Å². The van der Waals surface area contributed by atoms with Crippen molar-refractivity contribution in [3.8, 4) is 0 Å². The van der Waals surface area contributed by atoms with Crippen molar-refractivity contribution in [1.82, 2.24) is 10.2 Å². The minimum Gasteiger partial charge on any atom is -0.381 e. The number of hydrogen-bond acceptors (Lipinski definition) is 3. The zero-order chi connectivity index (χ0) is 19.3. The highest BCUT2D eigenvalue weighted by Crippen LogP contribution is 2.36. The van der Waals surface area contributed by atoms with Crippen LogP contribution < -0.4 is 5.32 Å². The first-order chi connectivity index (χ1) is 12.9. The number of nitrogens with zero attached hydrogens (tertiary/aromatic N) is 2. The molecule has 0 radical (unpaired) electrons. The maximum absolute atomic E-state index is 13.4. The Morgan fingerprint density at radius 1 is 1.26 bits per heavy atom.